The Morgan fingerprint density at radius 2 is 2.06 bits per heavy atom. The van der Waals surface area contributed by atoms with Gasteiger partial charge in [0.05, 0.1) is 17.3 Å². The summed E-state index contributed by atoms with van der Waals surface area (Å²) < 4.78 is 2.15. The summed E-state index contributed by atoms with van der Waals surface area (Å²) in [6, 6.07) is 5.93. The molecule has 3 aliphatic carbocycles. The van der Waals surface area contributed by atoms with Crippen LogP contribution in [0, 0.1) is 0 Å². The predicted molar refractivity (Wildman–Crippen MR) is 63.5 cm³/mol. The quantitative estimate of drug-likeness (QED) is 0.821. The first-order valence-corrected chi connectivity index (χ1v) is 5.91. The Balaban J connectivity index is 1.87. The average molecular weight is 234 g/mol. The summed E-state index contributed by atoms with van der Waals surface area (Å²) in [7, 11) is 0. The molecule has 2 aromatic rings. The molecular formula is C12H12ClN3. The van der Waals surface area contributed by atoms with Gasteiger partial charge in [-0.05, 0) is 37.5 Å². The highest BCUT2D eigenvalue weighted by Crippen LogP contribution is 2.64. The fourth-order valence-electron chi connectivity index (χ4n) is 3.42. The van der Waals surface area contributed by atoms with Gasteiger partial charge in [0.25, 0.3) is 0 Å². The molecule has 2 bridgehead atoms. The van der Waals surface area contributed by atoms with Crippen molar-refractivity contribution in [1.82, 2.24) is 9.78 Å². The molecule has 3 nitrogen and oxygen atoms in total. The minimum Gasteiger partial charge on any atom is -0.325 e. The molecule has 16 heavy (non-hydrogen) atoms. The van der Waals surface area contributed by atoms with Gasteiger partial charge in [-0.15, -0.1) is 0 Å². The smallest absolute Gasteiger partial charge is 0.0690 e. The lowest BCUT2D eigenvalue weighted by Gasteiger charge is -2.68. The molecule has 1 aromatic heterocycles. The summed E-state index contributed by atoms with van der Waals surface area (Å²) in [5.74, 6) is 0. The van der Waals surface area contributed by atoms with Crippen molar-refractivity contribution in [2.45, 2.75) is 30.3 Å². The molecule has 3 fully saturated rings. The van der Waals surface area contributed by atoms with Gasteiger partial charge in [-0.25, -0.2) is 0 Å². The Kier molecular flexibility index (Phi) is 1.37. The number of halogens is 1. The SMILES string of the molecule is NC12CC(n3ncc4cc(Cl)ccc43)(C1)C2. The lowest BCUT2D eigenvalue weighted by Crippen LogP contribution is -2.76. The minimum absolute atomic E-state index is 0.116. The Morgan fingerprint density at radius 3 is 2.75 bits per heavy atom. The highest BCUT2D eigenvalue weighted by atomic mass is 35.5. The van der Waals surface area contributed by atoms with Gasteiger partial charge in [-0.1, -0.05) is 11.6 Å². The molecule has 0 aliphatic heterocycles. The van der Waals surface area contributed by atoms with Crippen LogP contribution in [0.3, 0.4) is 0 Å². The summed E-state index contributed by atoms with van der Waals surface area (Å²) in [5.41, 5.74) is 7.59. The molecule has 0 unspecified atom stereocenters. The number of rotatable bonds is 1. The van der Waals surface area contributed by atoms with Gasteiger partial charge in [0, 0.05) is 15.9 Å². The van der Waals surface area contributed by atoms with Gasteiger partial charge >= 0.3 is 0 Å². The van der Waals surface area contributed by atoms with E-state index in [4.69, 9.17) is 17.3 Å². The van der Waals surface area contributed by atoms with Crippen LogP contribution < -0.4 is 5.73 Å². The second kappa shape index (κ2) is 2.44. The van der Waals surface area contributed by atoms with Crippen LogP contribution in [-0.4, -0.2) is 15.3 Å². The normalized spacial score (nSPS) is 35.9. The molecule has 3 aliphatic rings. The molecule has 0 atom stereocenters. The van der Waals surface area contributed by atoms with Crippen LogP contribution in [0.15, 0.2) is 24.4 Å². The third-order valence-corrected chi connectivity index (χ3v) is 4.26. The third-order valence-electron chi connectivity index (χ3n) is 4.02. The van der Waals surface area contributed by atoms with Crippen molar-refractivity contribution in [3.05, 3.63) is 29.4 Å². The van der Waals surface area contributed by atoms with E-state index in [9.17, 15) is 0 Å². The van der Waals surface area contributed by atoms with Crippen LogP contribution in [0.4, 0.5) is 0 Å². The van der Waals surface area contributed by atoms with E-state index in [0.29, 0.717) is 0 Å². The Bertz CT molecular complexity index is 582. The lowest BCUT2D eigenvalue weighted by molar-refractivity contribution is -0.119. The van der Waals surface area contributed by atoms with Crippen molar-refractivity contribution in [3.8, 4) is 0 Å². The summed E-state index contributed by atoms with van der Waals surface area (Å²) in [6.45, 7) is 0. The van der Waals surface area contributed by atoms with E-state index in [2.05, 4.69) is 9.78 Å². The number of nitrogens with zero attached hydrogens (tertiary/aromatic N) is 2. The van der Waals surface area contributed by atoms with E-state index in [1.165, 1.54) is 5.52 Å². The predicted octanol–water partition coefficient (Wildman–Crippen LogP) is 2.28. The third kappa shape index (κ3) is 0.913. The van der Waals surface area contributed by atoms with Crippen LogP contribution >= 0.6 is 11.6 Å². The van der Waals surface area contributed by atoms with Gasteiger partial charge in [0.1, 0.15) is 0 Å². The molecule has 1 heterocycles. The second-order valence-corrected chi connectivity index (χ2v) is 5.81. The van der Waals surface area contributed by atoms with Gasteiger partial charge < -0.3 is 5.73 Å². The highest BCUT2D eigenvalue weighted by molar-refractivity contribution is 6.31. The van der Waals surface area contributed by atoms with Crippen molar-refractivity contribution in [1.29, 1.82) is 0 Å². The molecule has 0 radical (unpaired) electrons. The first-order chi connectivity index (χ1) is 7.60. The van der Waals surface area contributed by atoms with E-state index in [1.54, 1.807) is 0 Å². The van der Waals surface area contributed by atoms with Crippen LogP contribution in [0.5, 0.6) is 0 Å². The largest absolute Gasteiger partial charge is 0.325 e. The fourth-order valence-corrected chi connectivity index (χ4v) is 3.60. The molecule has 5 rings (SSSR count). The molecule has 2 N–H and O–H groups in total. The Labute approximate surface area is 98.2 Å². The standard InChI is InChI=1S/C12H12ClN3/c13-9-1-2-10-8(3-9)4-15-16(10)12-5-11(14,6-12)7-12/h1-4H,5-7,14H2. The van der Waals surface area contributed by atoms with Crippen LogP contribution in [-0.2, 0) is 5.54 Å². The van der Waals surface area contributed by atoms with E-state index >= 15 is 0 Å². The number of hydrogen-bond acceptors (Lipinski definition) is 2. The monoisotopic (exact) mass is 233 g/mol. The maximum Gasteiger partial charge on any atom is 0.0690 e. The molecule has 0 spiro atoms. The zero-order valence-corrected chi connectivity index (χ0v) is 9.54. The van der Waals surface area contributed by atoms with Crippen molar-refractivity contribution >= 4 is 22.5 Å². The van der Waals surface area contributed by atoms with Crippen LogP contribution in [0.2, 0.25) is 5.02 Å². The maximum atomic E-state index is 6.08. The molecular weight excluding hydrogens is 222 g/mol. The number of aromatic nitrogens is 2. The number of nitrogens with two attached hydrogens (primary N) is 1. The molecule has 82 valence electrons. The zero-order valence-electron chi connectivity index (χ0n) is 8.78. The molecule has 1 aromatic carbocycles. The number of fused-ring (bicyclic) bond motifs is 1. The summed E-state index contributed by atoms with van der Waals surface area (Å²) in [5, 5.41) is 6.38. The lowest BCUT2D eigenvalue weighted by atomic mass is 9.44. The van der Waals surface area contributed by atoms with Gasteiger partial charge in [-0.3, -0.25) is 4.68 Å². The van der Waals surface area contributed by atoms with Crippen LogP contribution in [0.25, 0.3) is 10.9 Å². The second-order valence-electron chi connectivity index (χ2n) is 5.38. The molecule has 4 heteroatoms. The van der Waals surface area contributed by atoms with E-state index < -0.39 is 0 Å². The van der Waals surface area contributed by atoms with E-state index in [1.807, 2.05) is 24.4 Å². The average Bonchev–Trinajstić information content (AvgIpc) is 2.54. The van der Waals surface area contributed by atoms with Crippen LogP contribution in [0.1, 0.15) is 19.3 Å². The summed E-state index contributed by atoms with van der Waals surface area (Å²) in [4.78, 5) is 0. The fraction of sp³-hybridized carbons (Fsp3) is 0.417. The van der Waals surface area contributed by atoms with Gasteiger partial charge in [0.2, 0.25) is 0 Å². The highest BCUT2D eigenvalue weighted by Gasteiger charge is 2.67. The maximum absolute atomic E-state index is 6.08. The van der Waals surface area contributed by atoms with E-state index in [0.717, 1.165) is 29.7 Å². The molecule has 3 saturated carbocycles. The van der Waals surface area contributed by atoms with Gasteiger partial charge in [-0.2, -0.15) is 5.10 Å². The first kappa shape index (κ1) is 9.02. The number of hydrogen-bond donors (Lipinski definition) is 1. The summed E-state index contributed by atoms with van der Waals surface area (Å²) >= 11 is 5.97. The van der Waals surface area contributed by atoms with E-state index in [-0.39, 0.29) is 11.1 Å². The topological polar surface area (TPSA) is 43.8 Å². The Morgan fingerprint density at radius 1 is 1.31 bits per heavy atom. The van der Waals surface area contributed by atoms with Crippen molar-refractivity contribution < 1.29 is 0 Å². The minimum atomic E-state index is 0.116. The van der Waals surface area contributed by atoms with Crippen molar-refractivity contribution in [2.75, 3.05) is 0 Å². The number of benzene rings is 1. The van der Waals surface area contributed by atoms with Gasteiger partial charge in [0.15, 0.2) is 0 Å². The zero-order chi connectivity index (χ0) is 11.0. The molecule has 0 saturated heterocycles. The first-order valence-electron chi connectivity index (χ1n) is 5.53. The Hall–Kier alpha value is -1.06. The summed E-state index contributed by atoms with van der Waals surface area (Å²) in [6.07, 6.45) is 5.10. The van der Waals surface area contributed by atoms with Crippen molar-refractivity contribution in [2.24, 2.45) is 5.73 Å². The van der Waals surface area contributed by atoms with Crippen molar-refractivity contribution in [3.63, 3.8) is 0 Å². The molecule has 0 amide bonds.